The van der Waals surface area contributed by atoms with Gasteiger partial charge in [0.2, 0.25) is 0 Å². The zero-order chi connectivity index (χ0) is 13.1. The van der Waals surface area contributed by atoms with E-state index in [9.17, 15) is 4.79 Å². The van der Waals surface area contributed by atoms with Crippen molar-refractivity contribution in [3.05, 3.63) is 0 Å². The number of terminal acetylenes is 1. The van der Waals surface area contributed by atoms with Gasteiger partial charge in [0.25, 0.3) is 0 Å². The molecule has 0 aromatic rings. The van der Waals surface area contributed by atoms with Crippen LogP contribution in [0.3, 0.4) is 0 Å². The lowest BCUT2D eigenvalue weighted by Gasteiger charge is -2.37. The van der Waals surface area contributed by atoms with E-state index in [1.165, 1.54) is 0 Å². The number of urea groups is 1. The van der Waals surface area contributed by atoms with Crippen LogP contribution in [0, 0.1) is 12.3 Å². The first-order chi connectivity index (χ1) is 7.97. The zero-order valence-electron chi connectivity index (χ0n) is 10.9. The molecule has 0 aliphatic carbocycles. The summed E-state index contributed by atoms with van der Waals surface area (Å²) in [5, 5.41) is 0. The molecule has 1 rings (SSSR count). The van der Waals surface area contributed by atoms with E-state index in [0.717, 1.165) is 25.7 Å². The fourth-order valence-electron chi connectivity index (χ4n) is 2.25. The molecule has 0 bridgehead atoms. The molecule has 0 aromatic carbocycles. The molecule has 1 aliphatic rings. The molecule has 0 fully saturated rings. The topological polar surface area (TPSA) is 58.7 Å². The number of carbonyl (C=O) groups is 1. The summed E-state index contributed by atoms with van der Waals surface area (Å²) in [4.78, 5) is 17.3. The molecule has 94 valence electrons. The van der Waals surface area contributed by atoms with E-state index in [0.29, 0.717) is 5.84 Å². The highest BCUT2D eigenvalue weighted by molar-refractivity contribution is 6.05. The van der Waals surface area contributed by atoms with Crippen molar-refractivity contribution in [1.82, 2.24) is 4.90 Å². The van der Waals surface area contributed by atoms with Gasteiger partial charge in [-0.05, 0) is 20.3 Å². The molecule has 4 nitrogen and oxygen atoms in total. The van der Waals surface area contributed by atoms with E-state index in [1.54, 1.807) is 4.90 Å². The van der Waals surface area contributed by atoms with Crippen LogP contribution in [-0.4, -0.2) is 28.3 Å². The number of unbranched alkanes of at least 4 members (excludes halogenated alkanes) is 2. The predicted molar refractivity (Wildman–Crippen MR) is 69.7 cm³/mol. The van der Waals surface area contributed by atoms with E-state index >= 15 is 0 Å². The Balaban J connectivity index is 2.88. The van der Waals surface area contributed by atoms with Crippen LogP contribution in [-0.2, 0) is 0 Å². The van der Waals surface area contributed by atoms with Gasteiger partial charge in [-0.2, -0.15) is 4.99 Å². The summed E-state index contributed by atoms with van der Waals surface area (Å²) >= 11 is 0. The lowest BCUT2D eigenvalue weighted by Crippen LogP contribution is -2.54. The molecule has 1 heterocycles. The first-order valence-electron chi connectivity index (χ1n) is 6.11. The number of carbonyl (C=O) groups excluding carboxylic acids is 1. The summed E-state index contributed by atoms with van der Waals surface area (Å²) in [5.74, 6) is 2.97. The molecule has 0 radical (unpaired) electrons. The van der Waals surface area contributed by atoms with Crippen LogP contribution in [0.25, 0.3) is 0 Å². The van der Waals surface area contributed by atoms with E-state index in [1.807, 2.05) is 13.8 Å². The Morgan fingerprint density at radius 1 is 1.59 bits per heavy atom. The highest BCUT2D eigenvalue weighted by Crippen LogP contribution is 2.30. The van der Waals surface area contributed by atoms with Crippen LogP contribution in [0.2, 0.25) is 0 Å². The number of hydrogen-bond acceptors (Lipinski definition) is 2. The maximum Gasteiger partial charge on any atom is 0.347 e. The minimum atomic E-state index is -0.516. The van der Waals surface area contributed by atoms with Gasteiger partial charge >= 0.3 is 6.03 Å². The van der Waals surface area contributed by atoms with Crippen LogP contribution in [0.1, 0.15) is 46.5 Å². The largest absolute Gasteiger partial charge is 0.385 e. The van der Waals surface area contributed by atoms with Crippen LogP contribution >= 0.6 is 0 Å². The lowest BCUT2D eigenvalue weighted by molar-refractivity contribution is 0.160. The first-order valence-corrected chi connectivity index (χ1v) is 6.11. The van der Waals surface area contributed by atoms with Crippen LogP contribution < -0.4 is 5.73 Å². The summed E-state index contributed by atoms with van der Waals surface area (Å²) in [6.07, 6.45) is 9.48. The maximum atomic E-state index is 11.8. The lowest BCUT2D eigenvalue weighted by atomic mass is 9.91. The molecule has 0 spiro atoms. The molecular formula is C13H21N3O. The van der Waals surface area contributed by atoms with Gasteiger partial charge in [-0.15, -0.1) is 6.42 Å². The molecule has 0 aromatic heterocycles. The van der Waals surface area contributed by atoms with Gasteiger partial charge in [0.15, 0.2) is 0 Å². The number of aliphatic imine (C=N–C) groups is 1. The Bertz CT molecular complexity index is 369. The number of amidine groups is 1. The standard InChI is InChI=1S/C13H21N3O/c1-5-7-8-9-13(4)11(14)15-12(17)16(13)10(3)6-2/h2,10H,5,7-9H2,1,3-4H3,(H2,14,15,17). The van der Waals surface area contributed by atoms with E-state index in [-0.39, 0.29) is 12.1 Å². The van der Waals surface area contributed by atoms with Crippen LogP contribution in [0.4, 0.5) is 4.79 Å². The van der Waals surface area contributed by atoms with Gasteiger partial charge < -0.3 is 5.73 Å². The summed E-state index contributed by atoms with van der Waals surface area (Å²) in [5.41, 5.74) is 5.37. The Labute approximate surface area is 103 Å². The third kappa shape index (κ3) is 2.44. The van der Waals surface area contributed by atoms with Crippen molar-refractivity contribution >= 4 is 11.9 Å². The van der Waals surface area contributed by atoms with Crippen molar-refractivity contribution in [3.63, 3.8) is 0 Å². The van der Waals surface area contributed by atoms with Crippen LogP contribution in [0.5, 0.6) is 0 Å². The summed E-state index contributed by atoms with van der Waals surface area (Å²) in [6, 6.07) is -0.592. The molecule has 1 aliphatic heterocycles. The fraction of sp³-hybridized carbons (Fsp3) is 0.692. The van der Waals surface area contributed by atoms with E-state index < -0.39 is 5.54 Å². The van der Waals surface area contributed by atoms with Gasteiger partial charge in [0.1, 0.15) is 11.4 Å². The number of hydrogen-bond donors (Lipinski definition) is 1. The predicted octanol–water partition coefficient (Wildman–Crippen LogP) is 2.14. The van der Waals surface area contributed by atoms with Gasteiger partial charge in [-0.3, -0.25) is 4.90 Å². The van der Waals surface area contributed by atoms with Crippen molar-refractivity contribution in [3.8, 4) is 12.3 Å². The molecule has 17 heavy (non-hydrogen) atoms. The third-order valence-electron chi connectivity index (χ3n) is 3.40. The highest BCUT2D eigenvalue weighted by Gasteiger charge is 2.45. The van der Waals surface area contributed by atoms with Gasteiger partial charge in [-0.25, -0.2) is 4.79 Å². The fourth-order valence-corrected chi connectivity index (χ4v) is 2.25. The average Bonchev–Trinajstić information content (AvgIpc) is 2.50. The third-order valence-corrected chi connectivity index (χ3v) is 3.40. The number of rotatable bonds is 5. The molecule has 2 unspecified atom stereocenters. The molecule has 2 atom stereocenters. The van der Waals surface area contributed by atoms with Crippen molar-refractivity contribution in [2.45, 2.75) is 58.0 Å². The Kier molecular flexibility index (Phi) is 4.17. The summed E-state index contributed by atoms with van der Waals surface area (Å²) in [6.45, 7) is 5.91. The van der Waals surface area contributed by atoms with Crippen molar-refractivity contribution in [2.75, 3.05) is 0 Å². The number of nitrogens with two attached hydrogens (primary N) is 1. The smallest absolute Gasteiger partial charge is 0.347 e. The second kappa shape index (κ2) is 5.22. The maximum absolute atomic E-state index is 11.8. The van der Waals surface area contributed by atoms with Gasteiger partial charge in [0.05, 0.1) is 6.04 Å². The molecule has 0 saturated carbocycles. The second-order valence-corrected chi connectivity index (χ2v) is 4.72. The first kappa shape index (κ1) is 13.6. The average molecular weight is 235 g/mol. The summed E-state index contributed by atoms with van der Waals surface area (Å²) < 4.78 is 0. The SMILES string of the molecule is C#CC(C)N1C(=O)N=C(N)C1(C)CCCCC. The highest BCUT2D eigenvalue weighted by atomic mass is 16.2. The monoisotopic (exact) mass is 235 g/mol. The quantitative estimate of drug-likeness (QED) is 0.586. The molecular weight excluding hydrogens is 214 g/mol. The zero-order valence-corrected chi connectivity index (χ0v) is 10.9. The normalized spacial score (nSPS) is 25.6. The molecule has 0 saturated heterocycles. The Morgan fingerprint density at radius 2 is 2.24 bits per heavy atom. The van der Waals surface area contributed by atoms with Crippen molar-refractivity contribution in [2.24, 2.45) is 10.7 Å². The molecule has 4 heteroatoms. The Hall–Kier alpha value is -1.50. The molecule has 2 amide bonds. The van der Waals surface area contributed by atoms with E-state index in [4.69, 9.17) is 12.2 Å². The van der Waals surface area contributed by atoms with Crippen LogP contribution in [0.15, 0.2) is 4.99 Å². The van der Waals surface area contributed by atoms with E-state index in [2.05, 4.69) is 17.8 Å². The van der Waals surface area contributed by atoms with Gasteiger partial charge in [0, 0.05) is 0 Å². The van der Waals surface area contributed by atoms with Crippen molar-refractivity contribution in [1.29, 1.82) is 0 Å². The van der Waals surface area contributed by atoms with Gasteiger partial charge in [-0.1, -0.05) is 32.1 Å². The Morgan fingerprint density at radius 3 is 2.76 bits per heavy atom. The minimum absolute atomic E-state index is 0.279. The number of amides is 2. The second-order valence-electron chi connectivity index (χ2n) is 4.72. The van der Waals surface area contributed by atoms with Crippen molar-refractivity contribution < 1.29 is 4.79 Å². The summed E-state index contributed by atoms with van der Waals surface area (Å²) in [7, 11) is 0. The minimum Gasteiger partial charge on any atom is -0.385 e. The molecule has 2 N–H and O–H groups in total. The number of nitrogens with zero attached hydrogens (tertiary/aromatic N) is 2.